The number of halogens is 4. The molecule has 0 saturated carbocycles. The van der Waals surface area contributed by atoms with Crippen LogP contribution in [-0.4, -0.2) is 15.3 Å². The fourth-order valence-electron chi connectivity index (χ4n) is 0.312. The summed E-state index contributed by atoms with van der Waals surface area (Å²) in [6.07, 6.45) is 1.31. The fourth-order valence-corrected chi connectivity index (χ4v) is 0.662. The van der Waals surface area contributed by atoms with Crippen molar-refractivity contribution in [2.75, 3.05) is 5.34 Å². The first-order valence-corrected chi connectivity index (χ1v) is 4.28. The Morgan fingerprint density at radius 2 is 1.45 bits per heavy atom. The third-order valence-corrected chi connectivity index (χ3v) is 1.01. The molecule has 0 aliphatic carbocycles. The van der Waals surface area contributed by atoms with Gasteiger partial charge in [-0.2, -0.15) is 0 Å². The van der Waals surface area contributed by atoms with Crippen molar-refractivity contribution >= 4 is 46.4 Å². The second-order valence-electron chi connectivity index (χ2n) is 1.26. The molecular weight excluding hydrogens is 230 g/mol. The lowest BCUT2D eigenvalue weighted by Gasteiger charge is -1.85. The molecule has 0 N–H and O–H groups in total. The quantitative estimate of drug-likeness (QED) is 0.508. The van der Waals surface area contributed by atoms with Crippen molar-refractivity contribution in [2.45, 2.75) is 0 Å². The Balaban J connectivity index is 0.000000292. The molecule has 0 saturated heterocycles. The highest BCUT2D eigenvalue weighted by atomic mass is 35.5. The number of aromatic nitrogens is 2. The van der Waals surface area contributed by atoms with Crippen molar-refractivity contribution in [1.82, 2.24) is 9.97 Å². The van der Waals surface area contributed by atoms with E-state index in [0.717, 1.165) is 0 Å². The maximum absolute atomic E-state index is 5.41. The average molecular weight is 234 g/mol. The Labute approximate surface area is 84.5 Å². The van der Waals surface area contributed by atoms with E-state index in [1.165, 1.54) is 12.4 Å². The van der Waals surface area contributed by atoms with Crippen LogP contribution in [0.25, 0.3) is 0 Å². The van der Waals surface area contributed by atoms with Crippen molar-refractivity contribution < 1.29 is 0 Å². The summed E-state index contributed by atoms with van der Waals surface area (Å²) in [7, 11) is 0. The van der Waals surface area contributed by atoms with Crippen molar-refractivity contribution in [3.05, 3.63) is 22.7 Å². The molecule has 11 heavy (non-hydrogen) atoms. The zero-order valence-electron chi connectivity index (χ0n) is 5.27. The van der Waals surface area contributed by atoms with E-state index in [0.29, 0.717) is 10.3 Å². The van der Waals surface area contributed by atoms with Crippen LogP contribution in [0, 0.1) is 0 Å². The lowest BCUT2D eigenvalue weighted by atomic mass is 10.7. The molecule has 1 rings (SSSR count). The van der Waals surface area contributed by atoms with E-state index >= 15 is 0 Å². The van der Waals surface area contributed by atoms with Gasteiger partial charge in [-0.3, -0.25) is 0 Å². The SMILES string of the molecule is ClCCl.Clc1cc(Cl)ncn1. The van der Waals surface area contributed by atoms with Gasteiger partial charge in [-0.1, -0.05) is 23.2 Å². The van der Waals surface area contributed by atoms with E-state index in [4.69, 9.17) is 46.4 Å². The maximum Gasteiger partial charge on any atom is 0.133 e. The van der Waals surface area contributed by atoms with Gasteiger partial charge in [0.25, 0.3) is 0 Å². The molecule has 0 bridgehead atoms. The second kappa shape index (κ2) is 6.92. The van der Waals surface area contributed by atoms with Crippen molar-refractivity contribution in [3.8, 4) is 0 Å². The third kappa shape index (κ3) is 6.63. The van der Waals surface area contributed by atoms with Crippen LogP contribution < -0.4 is 0 Å². The molecule has 1 aromatic heterocycles. The van der Waals surface area contributed by atoms with Crippen LogP contribution in [0.2, 0.25) is 10.3 Å². The Kier molecular flexibility index (Phi) is 7.07. The van der Waals surface area contributed by atoms with Gasteiger partial charge in [0.1, 0.15) is 16.6 Å². The zero-order valence-corrected chi connectivity index (χ0v) is 8.29. The molecule has 1 heterocycles. The first-order valence-electron chi connectivity index (χ1n) is 2.45. The number of rotatable bonds is 0. The minimum Gasteiger partial charge on any atom is -0.225 e. The molecule has 0 radical (unpaired) electrons. The van der Waals surface area contributed by atoms with Gasteiger partial charge in [-0.15, -0.1) is 23.2 Å². The molecule has 1 aromatic rings. The largest absolute Gasteiger partial charge is 0.225 e. The van der Waals surface area contributed by atoms with Gasteiger partial charge < -0.3 is 0 Å². The number of hydrogen-bond donors (Lipinski definition) is 0. The van der Waals surface area contributed by atoms with E-state index in [9.17, 15) is 0 Å². The molecule has 0 unspecified atom stereocenters. The number of nitrogens with zero attached hydrogens (tertiary/aromatic N) is 2. The van der Waals surface area contributed by atoms with Crippen molar-refractivity contribution in [2.24, 2.45) is 0 Å². The highest BCUT2D eigenvalue weighted by Gasteiger charge is 1.87. The van der Waals surface area contributed by atoms with Gasteiger partial charge in [-0.25, -0.2) is 9.97 Å². The monoisotopic (exact) mass is 232 g/mol. The van der Waals surface area contributed by atoms with Crippen LogP contribution in [0.4, 0.5) is 0 Å². The fraction of sp³-hybridized carbons (Fsp3) is 0.200. The first kappa shape index (κ1) is 11.2. The summed E-state index contributed by atoms with van der Waals surface area (Å²) < 4.78 is 0. The lowest BCUT2D eigenvalue weighted by molar-refractivity contribution is 1.17. The van der Waals surface area contributed by atoms with E-state index in [-0.39, 0.29) is 5.34 Å². The van der Waals surface area contributed by atoms with Crippen LogP contribution in [-0.2, 0) is 0 Å². The summed E-state index contributed by atoms with van der Waals surface area (Å²) in [5.74, 6) is 0. The molecule has 6 heteroatoms. The second-order valence-corrected chi connectivity index (χ2v) is 2.85. The van der Waals surface area contributed by atoms with E-state index < -0.39 is 0 Å². The molecule has 0 aliphatic rings. The Morgan fingerprint density at radius 1 is 1.09 bits per heavy atom. The summed E-state index contributed by atoms with van der Waals surface area (Å²) >= 11 is 20.3. The normalized spacial score (nSPS) is 8.36. The van der Waals surface area contributed by atoms with Crippen LogP contribution in [0.5, 0.6) is 0 Å². The molecule has 0 spiro atoms. The highest BCUT2D eigenvalue weighted by molar-refractivity contribution is 6.40. The van der Waals surface area contributed by atoms with E-state index in [2.05, 4.69) is 9.97 Å². The first-order chi connectivity index (χ1) is 5.20. The van der Waals surface area contributed by atoms with Crippen molar-refractivity contribution in [1.29, 1.82) is 0 Å². The van der Waals surface area contributed by atoms with Crippen LogP contribution >= 0.6 is 46.4 Å². The molecule has 62 valence electrons. The highest BCUT2D eigenvalue weighted by Crippen LogP contribution is 2.07. The summed E-state index contributed by atoms with van der Waals surface area (Å²) in [4.78, 5) is 7.22. The maximum atomic E-state index is 5.41. The summed E-state index contributed by atoms with van der Waals surface area (Å²) in [5, 5.41) is 0.926. The predicted molar refractivity (Wildman–Crippen MR) is 48.6 cm³/mol. The molecule has 0 fully saturated rings. The summed E-state index contributed by atoms with van der Waals surface area (Å²) in [5.41, 5.74) is 0. The van der Waals surface area contributed by atoms with Gasteiger partial charge >= 0.3 is 0 Å². The van der Waals surface area contributed by atoms with Gasteiger partial charge in [-0.05, 0) is 0 Å². The number of hydrogen-bond acceptors (Lipinski definition) is 2. The lowest BCUT2D eigenvalue weighted by Crippen LogP contribution is -1.76. The van der Waals surface area contributed by atoms with Crippen LogP contribution in [0.3, 0.4) is 0 Å². The molecule has 0 amide bonds. The topological polar surface area (TPSA) is 25.8 Å². The molecule has 2 nitrogen and oxygen atoms in total. The molecule has 0 aliphatic heterocycles. The smallest absolute Gasteiger partial charge is 0.133 e. The third-order valence-electron chi connectivity index (χ3n) is 0.600. The van der Waals surface area contributed by atoms with Gasteiger partial charge in [0.15, 0.2) is 0 Å². The molecule has 0 atom stereocenters. The van der Waals surface area contributed by atoms with Crippen molar-refractivity contribution in [3.63, 3.8) is 0 Å². The van der Waals surface area contributed by atoms with Gasteiger partial charge in [0.05, 0.1) is 5.34 Å². The van der Waals surface area contributed by atoms with Crippen LogP contribution in [0.15, 0.2) is 12.4 Å². The standard InChI is InChI=1S/C4H2Cl2N2.CH2Cl2/c5-3-1-4(6)8-2-7-3;2-1-3/h1-2H;1H2. The van der Waals surface area contributed by atoms with Gasteiger partial charge in [0.2, 0.25) is 0 Å². The summed E-state index contributed by atoms with van der Waals surface area (Å²) in [6, 6.07) is 1.48. The minimum atomic E-state index is 0.194. The van der Waals surface area contributed by atoms with Gasteiger partial charge in [0, 0.05) is 6.07 Å². The van der Waals surface area contributed by atoms with E-state index in [1.807, 2.05) is 0 Å². The zero-order chi connectivity index (χ0) is 8.69. The molecule has 0 aromatic carbocycles. The summed E-state index contributed by atoms with van der Waals surface area (Å²) in [6.45, 7) is 0. The van der Waals surface area contributed by atoms with Crippen LogP contribution in [0.1, 0.15) is 0 Å². The minimum absolute atomic E-state index is 0.194. The molecular formula is C5H4Cl4N2. The Morgan fingerprint density at radius 3 is 1.64 bits per heavy atom. The Bertz CT molecular complexity index is 188. The number of alkyl halides is 2. The predicted octanol–water partition coefficient (Wildman–Crippen LogP) is 3.20. The Hall–Kier alpha value is 0.240. The average Bonchev–Trinajstić information content (AvgIpc) is 1.88. The van der Waals surface area contributed by atoms with E-state index in [1.54, 1.807) is 0 Å².